The molecule has 1 aromatic heterocycles. The van der Waals surface area contributed by atoms with Gasteiger partial charge in [0.25, 0.3) is 11.8 Å². The van der Waals surface area contributed by atoms with Crippen LogP contribution in [0, 0.1) is 18.6 Å². The van der Waals surface area contributed by atoms with Gasteiger partial charge >= 0.3 is 0 Å². The van der Waals surface area contributed by atoms with Gasteiger partial charge in [-0.15, -0.1) is 0 Å². The molecule has 2 heterocycles. The molecule has 1 aliphatic heterocycles. The Kier molecular flexibility index (Phi) is 9.78. The minimum absolute atomic E-state index is 0.0365. The van der Waals surface area contributed by atoms with Crippen LogP contribution in [0.25, 0.3) is 16.9 Å². The highest BCUT2D eigenvalue weighted by Gasteiger charge is 2.29. The Balaban J connectivity index is 1.32. The van der Waals surface area contributed by atoms with Crippen molar-refractivity contribution in [3.05, 3.63) is 107 Å². The summed E-state index contributed by atoms with van der Waals surface area (Å²) in [5, 5.41) is 0. The number of halogens is 2. The van der Waals surface area contributed by atoms with Gasteiger partial charge in [-0.05, 0) is 85.5 Å². The molecule has 4 aromatic rings. The first-order chi connectivity index (χ1) is 21.3. The maximum atomic E-state index is 15.0. The number of ether oxygens (including phenoxy) is 1. The SMILES string of the molecule is CCCCCCc1ccc(C(=O)N2CCN(C(=O)c3cc(-c4ccc(OC)cc4)n(-c4ccc(F)cc4F)c3C)CC2)cc1. The van der Waals surface area contributed by atoms with Gasteiger partial charge in [-0.1, -0.05) is 38.3 Å². The van der Waals surface area contributed by atoms with Crippen LogP contribution in [0.1, 0.15) is 64.6 Å². The number of piperazine rings is 1. The minimum atomic E-state index is -0.728. The fraction of sp³-hybridized carbons (Fsp3) is 0.333. The van der Waals surface area contributed by atoms with Crippen molar-refractivity contribution >= 4 is 11.8 Å². The molecule has 3 aromatic carbocycles. The number of aromatic nitrogens is 1. The summed E-state index contributed by atoms with van der Waals surface area (Å²) in [6.07, 6.45) is 5.84. The van der Waals surface area contributed by atoms with Crippen molar-refractivity contribution in [3.8, 4) is 22.7 Å². The Hall–Kier alpha value is -4.46. The smallest absolute Gasteiger partial charge is 0.255 e. The second-order valence-corrected chi connectivity index (χ2v) is 11.3. The van der Waals surface area contributed by atoms with E-state index in [1.165, 1.54) is 37.0 Å². The molecule has 5 rings (SSSR count). The van der Waals surface area contributed by atoms with Crippen LogP contribution in [0.15, 0.2) is 72.8 Å². The van der Waals surface area contributed by atoms with E-state index in [-0.39, 0.29) is 17.5 Å². The predicted octanol–water partition coefficient (Wildman–Crippen LogP) is 7.46. The Morgan fingerprint density at radius 1 is 0.795 bits per heavy atom. The molecule has 8 heteroatoms. The molecule has 0 radical (unpaired) electrons. The molecule has 0 aliphatic carbocycles. The minimum Gasteiger partial charge on any atom is -0.497 e. The molecule has 2 amide bonds. The van der Waals surface area contributed by atoms with Crippen molar-refractivity contribution in [1.29, 1.82) is 0 Å². The van der Waals surface area contributed by atoms with E-state index >= 15 is 4.39 Å². The molecule has 0 N–H and O–H groups in total. The number of rotatable bonds is 10. The first-order valence-corrected chi connectivity index (χ1v) is 15.3. The van der Waals surface area contributed by atoms with Crippen LogP contribution < -0.4 is 4.74 Å². The van der Waals surface area contributed by atoms with Crippen molar-refractivity contribution < 1.29 is 23.1 Å². The highest BCUT2D eigenvalue weighted by molar-refractivity contribution is 5.98. The number of amides is 2. The third-order valence-electron chi connectivity index (χ3n) is 8.39. The van der Waals surface area contributed by atoms with Crippen LogP contribution in [0.5, 0.6) is 5.75 Å². The summed E-state index contributed by atoms with van der Waals surface area (Å²) in [6.45, 7) is 5.56. The molecule has 1 saturated heterocycles. The van der Waals surface area contributed by atoms with Crippen molar-refractivity contribution in [2.24, 2.45) is 0 Å². The van der Waals surface area contributed by atoms with Crippen LogP contribution in [-0.4, -0.2) is 59.5 Å². The molecule has 44 heavy (non-hydrogen) atoms. The zero-order valence-corrected chi connectivity index (χ0v) is 25.6. The van der Waals surface area contributed by atoms with Gasteiger partial charge in [0.05, 0.1) is 24.1 Å². The van der Waals surface area contributed by atoms with E-state index in [9.17, 15) is 14.0 Å². The zero-order valence-electron chi connectivity index (χ0n) is 25.6. The number of carbonyl (C=O) groups excluding carboxylic acids is 2. The van der Waals surface area contributed by atoms with E-state index in [2.05, 4.69) is 6.92 Å². The third kappa shape index (κ3) is 6.69. The molecule has 230 valence electrons. The van der Waals surface area contributed by atoms with Crippen molar-refractivity contribution in [1.82, 2.24) is 14.4 Å². The van der Waals surface area contributed by atoms with Gasteiger partial charge in [0, 0.05) is 43.5 Å². The van der Waals surface area contributed by atoms with Crippen molar-refractivity contribution in [2.45, 2.75) is 46.0 Å². The average Bonchev–Trinajstić information content (AvgIpc) is 3.39. The number of methoxy groups -OCH3 is 1. The molecule has 6 nitrogen and oxygen atoms in total. The van der Waals surface area contributed by atoms with Gasteiger partial charge in [0.1, 0.15) is 17.4 Å². The van der Waals surface area contributed by atoms with Gasteiger partial charge < -0.3 is 19.1 Å². The van der Waals surface area contributed by atoms with E-state index in [1.807, 2.05) is 36.4 Å². The highest BCUT2D eigenvalue weighted by Crippen LogP contribution is 2.32. The Morgan fingerprint density at radius 2 is 1.45 bits per heavy atom. The molecular formula is C36H39F2N3O3. The van der Waals surface area contributed by atoms with Gasteiger partial charge in [-0.2, -0.15) is 0 Å². The topological polar surface area (TPSA) is 54.8 Å². The quantitative estimate of drug-likeness (QED) is 0.178. The third-order valence-corrected chi connectivity index (χ3v) is 8.39. The molecule has 0 spiro atoms. The monoisotopic (exact) mass is 599 g/mol. The van der Waals surface area contributed by atoms with Crippen molar-refractivity contribution in [2.75, 3.05) is 33.3 Å². The molecular weight excluding hydrogens is 560 g/mol. The summed E-state index contributed by atoms with van der Waals surface area (Å²) < 4.78 is 35.8. The van der Waals surface area contributed by atoms with Gasteiger partial charge in [-0.3, -0.25) is 9.59 Å². The summed E-state index contributed by atoms with van der Waals surface area (Å²) in [4.78, 5) is 30.6. The molecule has 1 aliphatic rings. The molecule has 1 fully saturated rings. The number of nitrogens with zero attached hydrogens (tertiary/aromatic N) is 3. The lowest BCUT2D eigenvalue weighted by molar-refractivity contribution is 0.0535. The van der Waals surface area contributed by atoms with Crippen LogP contribution in [0.2, 0.25) is 0 Å². The molecule has 0 bridgehead atoms. The predicted molar refractivity (Wildman–Crippen MR) is 169 cm³/mol. The van der Waals surface area contributed by atoms with Crippen molar-refractivity contribution in [3.63, 3.8) is 0 Å². The first-order valence-electron chi connectivity index (χ1n) is 15.3. The van der Waals surface area contributed by atoms with Gasteiger partial charge in [0.15, 0.2) is 0 Å². The Morgan fingerprint density at radius 3 is 2.07 bits per heavy atom. The second kappa shape index (κ2) is 13.9. The van der Waals surface area contributed by atoms with Crippen LogP contribution in [-0.2, 0) is 6.42 Å². The summed E-state index contributed by atoms with van der Waals surface area (Å²) in [5.74, 6) is -0.972. The zero-order chi connectivity index (χ0) is 31.2. The standard InChI is InChI=1S/C36H39F2N3O3/c1-4-5-6-7-8-26-9-11-28(12-10-26)35(42)39-19-21-40(22-20-39)36(43)31-24-34(27-13-16-30(44-3)17-14-27)41(25(31)2)33-18-15-29(37)23-32(33)38/h9-18,23-24H,4-8,19-22H2,1-3H3. The lowest BCUT2D eigenvalue weighted by atomic mass is 10.0. The average molecular weight is 600 g/mol. The summed E-state index contributed by atoms with van der Waals surface area (Å²) >= 11 is 0. The lowest BCUT2D eigenvalue weighted by Crippen LogP contribution is -2.50. The molecule has 0 unspecified atom stereocenters. The van der Waals surface area contributed by atoms with Crippen LogP contribution >= 0.6 is 0 Å². The maximum absolute atomic E-state index is 15.0. The van der Waals surface area contributed by atoms with Crippen LogP contribution in [0.4, 0.5) is 8.78 Å². The fourth-order valence-corrected chi connectivity index (χ4v) is 5.81. The largest absolute Gasteiger partial charge is 0.497 e. The van der Waals surface area contributed by atoms with Crippen LogP contribution in [0.3, 0.4) is 0 Å². The summed E-state index contributed by atoms with van der Waals surface area (Å²) in [7, 11) is 1.58. The summed E-state index contributed by atoms with van der Waals surface area (Å²) in [5.41, 5.74) is 4.36. The Labute approximate surface area is 257 Å². The number of hydrogen-bond acceptors (Lipinski definition) is 3. The number of unbranched alkanes of at least 4 members (excludes halogenated alkanes) is 3. The first kappa shape index (κ1) is 31.0. The number of hydrogen-bond donors (Lipinski definition) is 0. The number of carbonyl (C=O) groups is 2. The second-order valence-electron chi connectivity index (χ2n) is 11.3. The number of aryl methyl sites for hydroxylation is 1. The lowest BCUT2D eigenvalue weighted by Gasteiger charge is -2.35. The van der Waals surface area contributed by atoms with Gasteiger partial charge in [0.2, 0.25) is 0 Å². The maximum Gasteiger partial charge on any atom is 0.255 e. The van der Waals surface area contributed by atoms with E-state index in [1.54, 1.807) is 46.6 Å². The van der Waals surface area contributed by atoms with E-state index in [0.717, 1.165) is 24.5 Å². The molecule has 0 saturated carbocycles. The van der Waals surface area contributed by atoms with E-state index < -0.39 is 11.6 Å². The molecule has 0 atom stereocenters. The van der Waals surface area contributed by atoms with E-state index in [4.69, 9.17) is 4.74 Å². The normalized spacial score (nSPS) is 13.3. The number of benzene rings is 3. The Bertz CT molecular complexity index is 1610. The fourth-order valence-electron chi connectivity index (χ4n) is 5.81. The van der Waals surface area contributed by atoms with Gasteiger partial charge in [-0.25, -0.2) is 8.78 Å². The summed E-state index contributed by atoms with van der Waals surface area (Å²) in [6, 6.07) is 20.3. The highest BCUT2D eigenvalue weighted by atomic mass is 19.1. The van der Waals surface area contributed by atoms with E-state index in [0.29, 0.717) is 54.4 Å².